The molecule has 0 bridgehead atoms. The Morgan fingerprint density at radius 2 is 1.82 bits per heavy atom. The molecule has 4 rings (SSSR count). The van der Waals surface area contributed by atoms with E-state index < -0.39 is 12.1 Å². The highest BCUT2D eigenvalue weighted by Gasteiger charge is 2.40. The molecule has 3 unspecified atom stereocenters. The van der Waals surface area contributed by atoms with Crippen molar-refractivity contribution in [3.8, 4) is 0 Å². The molecule has 3 atom stereocenters. The van der Waals surface area contributed by atoms with Gasteiger partial charge < -0.3 is 20.4 Å². The van der Waals surface area contributed by atoms with Crippen molar-refractivity contribution in [1.29, 1.82) is 0 Å². The van der Waals surface area contributed by atoms with Crippen LogP contribution in [-0.4, -0.2) is 71.8 Å². The molecule has 0 radical (unpaired) electrons. The summed E-state index contributed by atoms with van der Waals surface area (Å²) in [7, 11) is 0. The van der Waals surface area contributed by atoms with Crippen LogP contribution in [0, 0.1) is 5.82 Å². The third kappa shape index (κ3) is 7.79. The largest absolute Gasteiger partial charge is 0.343 e. The van der Waals surface area contributed by atoms with Crippen LogP contribution in [0.25, 0.3) is 0 Å². The fourth-order valence-electron chi connectivity index (χ4n) is 5.44. The second-order valence-electron chi connectivity index (χ2n) is 10.4. The van der Waals surface area contributed by atoms with Gasteiger partial charge in [0.1, 0.15) is 17.9 Å². The highest BCUT2D eigenvalue weighted by Crippen LogP contribution is 2.20. The van der Waals surface area contributed by atoms with Crippen molar-refractivity contribution in [2.75, 3.05) is 26.2 Å². The van der Waals surface area contributed by atoms with Gasteiger partial charge in [0.25, 0.3) is 0 Å². The minimum Gasteiger partial charge on any atom is -0.343 e. The molecule has 9 heteroatoms. The lowest BCUT2D eigenvalue weighted by Gasteiger charge is -2.42. The number of amides is 3. The van der Waals surface area contributed by atoms with E-state index in [0.717, 1.165) is 44.2 Å². The van der Waals surface area contributed by atoms with Gasteiger partial charge >= 0.3 is 0 Å². The van der Waals surface area contributed by atoms with Crippen molar-refractivity contribution in [2.24, 2.45) is 0 Å². The fourth-order valence-corrected chi connectivity index (χ4v) is 5.57. The molecule has 2 fully saturated rings. The minimum atomic E-state index is -0.839. The zero-order valence-corrected chi connectivity index (χ0v) is 23.3. The summed E-state index contributed by atoms with van der Waals surface area (Å²) in [6.45, 7) is 4.24. The molecular formula is C30H38ClFN4O3. The molecule has 210 valence electrons. The molecule has 3 amide bonds. The van der Waals surface area contributed by atoms with Crippen molar-refractivity contribution >= 4 is 29.3 Å². The van der Waals surface area contributed by atoms with E-state index in [9.17, 15) is 18.8 Å². The van der Waals surface area contributed by atoms with Gasteiger partial charge in [-0.2, -0.15) is 0 Å². The Kier molecular flexibility index (Phi) is 10.3. The van der Waals surface area contributed by atoms with E-state index in [2.05, 4.69) is 10.6 Å². The molecule has 0 aromatic heterocycles. The van der Waals surface area contributed by atoms with E-state index in [1.165, 1.54) is 17.7 Å². The summed E-state index contributed by atoms with van der Waals surface area (Å²) in [6.07, 6.45) is 4.81. The number of halogens is 2. The molecule has 2 aromatic rings. The Morgan fingerprint density at radius 1 is 1.10 bits per heavy atom. The van der Waals surface area contributed by atoms with Crippen molar-refractivity contribution in [1.82, 2.24) is 20.4 Å². The molecule has 39 heavy (non-hydrogen) atoms. The summed E-state index contributed by atoms with van der Waals surface area (Å²) < 4.78 is 13.5. The zero-order valence-electron chi connectivity index (χ0n) is 22.5. The first kappa shape index (κ1) is 29.0. The molecular weight excluding hydrogens is 519 g/mol. The maximum atomic E-state index is 13.9. The summed E-state index contributed by atoms with van der Waals surface area (Å²) in [5, 5.41) is 6.82. The van der Waals surface area contributed by atoms with Crippen molar-refractivity contribution in [2.45, 2.75) is 70.0 Å². The standard InChI is InChI=1S/C30H38ClFN4O3/c1-2-5-27-30(39)35(17-4-6-21-8-12-23(31)13-9-21)18-19-36(27)29(38)26(20-22-10-14-24(32)15-11-22)34-28(37)25-7-3-16-33-25/h8-15,25-27,33H,2-7,16-20H2,1H3,(H,34,37). The predicted octanol–water partition coefficient (Wildman–Crippen LogP) is 3.73. The molecule has 2 aliphatic rings. The van der Waals surface area contributed by atoms with Crippen LogP contribution in [0.5, 0.6) is 0 Å². The summed E-state index contributed by atoms with van der Waals surface area (Å²) in [4.78, 5) is 43.9. The van der Waals surface area contributed by atoms with Gasteiger partial charge in [0.05, 0.1) is 6.04 Å². The van der Waals surface area contributed by atoms with Gasteiger partial charge in [-0.25, -0.2) is 4.39 Å². The molecule has 2 aromatic carbocycles. The first-order chi connectivity index (χ1) is 18.9. The first-order valence-electron chi connectivity index (χ1n) is 14.0. The SMILES string of the molecule is CCCC1C(=O)N(CCCc2ccc(Cl)cc2)CCN1C(=O)C(Cc1ccc(F)cc1)NC(=O)C1CCCN1. The van der Waals surface area contributed by atoms with Crippen LogP contribution < -0.4 is 10.6 Å². The molecule has 2 aliphatic heterocycles. The maximum absolute atomic E-state index is 13.9. The van der Waals surface area contributed by atoms with Crippen molar-refractivity contribution < 1.29 is 18.8 Å². The van der Waals surface area contributed by atoms with Crippen LogP contribution in [0.4, 0.5) is 4.39 Å². The average Bonchev–Trinajstić information content (AvgIpc) is 3.48. The van der Waals surface area contributed by atoms with E-state index in [0.29, 0.717) is 31.1 Å². The van der Waals surface area contributed by atoms with Gasteiger partial charge in [-0.15, -0.1) is 0 Å². The van der Waals surface area contributed by atoms with Gasteiger partial charge in [0.15, 0.2) is 0 Å². The number of hydrogen-bond donors (Lipinski definition) is 2. The number of carbonyl (C=O) groups is 3. The minimum absolute atomic E-state index is 0.0446. The van der Waals surface area contributed by atoms with Crippen LogP contribution in [0.15, 0.2) is 48.5 Å². The molecule has 2 heterocycles. The number of piperazine rings is 1. The number of nitrogens with zero attached hydrogens (tertiary/aromatic N) is 2. The number of benzene rings is 2. The van der Waals surface area contributed by atoms with Crippen molar-refractivity contribution in [3.63, 3.8) is 0 Å². The monoisotopic (exact) mass is 556 g/mol. The molecule has 2 saturated heterocycles. The van der Waals surface area contributed by atoms with Gasteiger partial charge in [0.2, 0.25) is 17.7 Å². The van der Waals surface area contributed by atoms with Crippen LogP contribution in [0.3, 0.4) is 0 Å². The van der Waals surface area contributed by atoms with E-state index in [1.54, 1.807) is 17.0 Å². The lowest BCUT2D eigenvalue weighted by Crippen LogP contribution is -2.63. The Bertz CT molecular complexity index is 1120. The van der Waals surface area contributed by atoms with E-state index >= 15 is 0 Å². The highest BCUT2D eigenvalue weighted by molar-refractivity contribution is 6.30. The van der Waals surface area contributed by atoms with Crippen LogP contribution in [0.2, 0.25) is 5.02 Å². The summed E-state index contributed by atoms with van der Waals surface area (Å²) in [5.41, 5.74) is 1.91. The Hall–Kier alpha value is -2.97. The lowest BCUT2D eigenvalue weighted by molar-refractivity contribution is -0.153. The van der Waals surface area contributed by atoms with Crippen LogP contribution >= 0.6 is 11.6 Å². The highest BCUT2D eigenvalue weighted by atomic mass is 35.5. The molecule has 7 nitrogen and oxygen atoms in total. The van der Waals surface area contributed by atoms with Crippen molar-refractivity contribution in [3.05, 3.63) is 70.5 Å². The number of nitrogens with one attached hydrogen (secondary N) is 2. The lowest BCUT2D eigenvalue weighted by atomic mass is 9.99. The third-order valence-corrected chi connectivity index (χ3v) is 7.83. The number of rotatable bonds is 11. The summed E-state index contributed by atoms with van der Waals surface area (Å²) in [5.74, 6) is -0.885. The Balaban J connectivity index is 1.44. The first-order valence-corrected chi connectivity index (χ1v) is 14.4. The molecule has 2 N–H and O–H groups in total. The molecule has 0 spiro atoms. The normalized spacial score (nSPS) is 20.2. The number of aryl methyl sites for hydroxylation is 1. The van der Waals surface area contributed by atoms with Gasteiger partial charge in [0, 0.05) is 31.1 Å². The average molecular weight is 557 g/mol. The Morgan fingerprint density at radius 3 is 2.49 bits per heavy atom. The number of hydrogen-bond acceptors (Lipinski definition) is 4. The molecule has 0 aliphatic carbocycles. The third-order valence-electron chi connectivity index (χ3n) is 7.58. The second kappa shape index (κ2) is 13.9. The van der Waals surface area contributed by atoms with E-state index in [-0.39, 0.29) is 36.0 Å². The van der Waals surface area contributed by atoms with Gasteiger partial charge in [-0.1, -0.05) is 49.2 Å². The van der Waals surface area contributed by atoms with E-state index in [1.807, 2.05) is 36.1 Å². The van der Waals surface area contributed by atoms with Crippen LogP contribution in [0.1, 0.15) is 50.2 Å². The Labute approximate surface area is 235 Å². The second-order valence-corrected chi connectivity index (χ2v) is 10.9. The smallest absolute Gasteiger partial charge is 0.246 e. The predicted molar refractivity (Wildman–Crippen MR) is 150 cm³/mol. The number of carbonyl (C=O) groups excluding carboxylic acids is 3. The van der Waals surface area contributed by atoms with E-state index in [4.69, 9.17) is 11.6 Å². The fraction of sp³-hybridized carbons (Fsp3) is 0.500. The quantitative estimate of drug-likeness (QED) is 0.442. The van der Waals surface area contributed by atoms with Gasteiger partial charge in [-0.05, 0) is 74.0 Å². The van der Waals surface area contributed by atoms with Crippen LogP contribution in [-0.2, 0) is 27.2 Å². The summed E-state index contributed by atoms with van der Waals surface area (Å²) in [6, 6.07) is 12.0. The maximum Gasteiger partial charge on any atom is 0.246 e. The zero-order chi connectivity index (χ0) is 27.8. The topological polar surface area (TPSA) is 81.8 Å². The van der Waals surface area contributed by atoms with Gasteiger partial charge in [-0.3, -0.25) is 14.4 Å². The summed E-state index contributed by atoms with van der Waals surface area (Å²) >= 11 is 5.98. The molecule has 0 saturated carbocycles.